The minimum Gasteiger partial charge on any atom is -0.480 e. The van der Waals surface area contributed by atoms with Gasteiger partial charge in [-0.05, 0) is 18.2 Å². The molecule has 1 aliphatic rings. The van der Waals surface area contributed by atoms with Crippen molar-refractivity contribution in [3.63, 3.8) is 0 Å². The summed E-state index contributed by atoms with van der Waals surface area (Å²) in [4.78, 5) is 23.3. The van der Waals surface area contributed by atoms with Crippen molar-refractivity contribution >= 4 is 32.7 Å². The molecule has 23 heavy (non-hydrogen) atoms. The van der Waals surface area contributed by atoms with Gasteiger partial charge in [-0.1, -0.05) is 15.9 Å². The predicted octanol–water partition coefficient (Wildman–Crippen LogP) is 1.80. The van der Waals surface area contributed by atoms with Gasteiger partial charge in [-0.3, -0.25) is 9.59 Å². The van der Waals surface area contributed by atoms with Crippen LogP contribution in [0.4, 0.5) is 0 Å². The standard InChI is InChI=1S/C15H15BrN2O5/c1-22-9-5-10(6-9)23-14-12-4-8(16)2-3-11(12)15(21)18(17-14)7-13(19)20/h2-4,9-10H,5-7H2,1H3,(H,19,20)/t9-,10+. The molecule has 0 saturated heterocycles. The molecule has 3 rings (SSSR count). The first-order chi connectivity index (χ1) is 11.0. The Morgan fingerprint density at radius 1 is 1.39 bits per heavy atom. The fourth-order valence-electron chi connectivity index (χ4n) is 2.51. The molecule has 122 valence electrons. The zero-order chi connectivity index (χ0) is 16.6. The summed E-state index contributed by atoms with van der Waals surface area (Å²) in [5.74, 6) is -0.869. The van der Waals surface area contributed by atoms with Gasteiger partial charge in [-0.2, -0.15) is 0 Å². The van der Waals surface area contributed by atoms with Crippen molar-refractivity contribution in [2.24, 2.45) is 0 Å². The summed E-state index contributed by atoms with van der Waals surface area (Å²) in [6, 6.07) is 5.10. The van der Waals surface area contributed by atoms with Crippen molar-refractivity contribution in [3.8, 4) is 5.88 Å². The lowest BCUT2D eigenvalue weighted by Crippen LogP contribution is -2.39. The van der Waals surface area contributed by atoms with Gasteiger partial charge in [-0.25, -0.2) is 4.68 Å². The van der Waals surface area contributed by atoms with Crippen LogP contribution in [0.2, 0.25) is 0 Å². The van der Waals surface area contributed by atoms with Crippen molar-refractivity contribution in [1.29, 1.82) is 0 Å². The van der Waals surface area contributed by atoms with E-state index in [4.69, 9.17) is 14.6 Å². The third kappa shape index (κ3) is 3.23. The number of carboxylic acids is 1. The molecule has 8 heteroatoms. The fraction of sp³-hybridized carbons (Fsp3) is 0.400. The highest BCUT2D eigenvalue weighted by Crippen LogP contribution is 2.31. The predicted molar refractivity (Wildman–Crippen MR) is 85.8 cm³/mol. The molecule has 0 bridgehead atoms. The third-order valence-corrected chi connectivity index (χ3v) is 4.33. The van der Waals surface area contributed by atoms with Crippen LogP contribution in [0, 0.1) is 0 Å². The quantitative estimate of drug-likeness (QED) is 0.847. The maximum Gasteiger partial charge on any atom is 0.325 e. The molecular formula is C15H15BrN2O5. The van der Waals surface area contributed by atoms with E-state index in [9.17, 15) is 9.59 Å². The number of hydrogen-bond donors (Lipinski definition) is 1. The Labute approximate surface area is 139 Å². The number of rotatable bonds is 5. The van der Waals surface area contributed by atoms with Gasteiger partial charge >= 0.3 is 5.97 Å². The Morgan fingerprint density at radius 3 is 2.78 bits per heavy atom. The van der Waals surface area contributed by atoms with Gasteiger partial charge in [0, 0.05) is 24.4 Å². The molecule has 0 spiro atoms. The molecule has 1 saturated carbocycles. The van der Waals surface area contributed by atoms with E-state index in [1.807, 2.05) is 0 Å². The van der Waals surface area contributed by atoms with Gasteiger partial charge in [0.2, 0.25) is 5.88 Å². The van der Waals surface area contributed by atoms with Crippen molar-refractivity contribution < 1.29 is 19.4 Å². The highest BCUT2D eigenvalue weighted by molar-refractivity contribution is 9.10. The molecule has 1 fully saturated rings. The summed E-state index contributed by atoms with van der Waals surface area (Å²) in [5, 5.41) is 14.0. The molecule has 1 aromatic carbocycles. The summed E-state index contributed by atoms with van der Waals surface area (Å²) >= 11 is 3.36. The number of carboxylic acid groups (broad SMARTS) is 1. The second kappa shape index (κ2) is 6.29. The zero-order valence-corrected chi connectivity index (χ0v) is 13.9. The maximum absolute atomic E-state index is 12.3. The molecule has 1 N–H and O–H groups in total. The van der Waals surface area contributed by atoms with Crippen LogP contribution in [-0.2, 0) is 16.1 Å². The molecule has 0 aliphatic heterocycles. The van der Waals surface area contributed by atoms with Crippen molar-refractivity contribution in [3.05, 3.63) is 33.0 Å². The Morgan fingerprint density at radius 2 is 2.13 bits per heavy atom. The van der Waals surface area contributed by atoms with E-state index < -0.39 is 18.1 Å². The van der Waals surface area contributed by atoms with Gasteiger partial charge in [0.15, 0.2) is 0 Å². The topological polar surface area (TPSA) is 90.7 Å². The molecule has 1 aliphatic carbocycles. The monoisotopic (exact) mass is 382 g/mol. The SMILES string of the molecule is CO[C@H]1C[C@@H](Oc2nn(CC(=O)O)c(=O)c3ccc(Br)cc23)C1. The van der Waals surface area contributed by atoms with Gasteiger partial charge in [-0.15, -0.1) is 5.10 Å². The largest absolute Gasteiger partial charge is 0.480 e. The van der Waals surface area contributed by atoms with Crippen LogP contribution in [0.25, 0.3) is 10.8 Å². The Bertz CT molecular complexity index is 813. The van der Waals surface area contributed by atoms with E-state index in [1.54, 1.807) is 25.3 Å². The van der Waals surface area contributed by atoms with Crippen molar-refractivity contribution in [1.82, 2.24) is 9.78 Å². The molecule has 0 amide bonds. The Kier molecular flexibility index (Phi) is 4.36. The van der Waals surface area contributed by atoms with Crippen LogP contribution < -0.4 is 10.3 Å². The summed E-state index contributed by atoms with van der Waals surface area (Å²) in [6.45, 7) is -0.507. The van der Waals surface area contributed by atoms with Gasteiger partial charge in [0.1, 0.15) is 12.6 Å². The minimum absolute atomic E-state index is 0.0505. The Balaban J connectivity index is 2.03. The molecule has 0 atom stereocenters. The summed E-state index contributed by atoms with van der Waals surface area (Å²) < 4.78 is 12.8. The molecule has 7 nitrogen and oxygen atoms in total. The van der Waals surface area contributed by atoms with Crippen LogP contribution in [0.1, 0.15) is 12.8 Å². The average molecular weight is 383 g/mol. The number of ether oxygens (including phenoxy) is 2. The lowest BCUT2D eigenvalue weighted by atomic mass is 9.92. The number of nitrogens with zero attached hydrogens (tertiary/aromatic N) is 2. The number of aromatic nitrogens is 2. The highest BCUT2D eigenvalue weighted by Gasteiger charge is 2.32. The van der Waals surface area contributed by atoms with Crippen LogP contribution in [0.5, 0.6) is 5.88 Å². The number of hydrogen-bond acceptors (Lipinski definition) is 5. The number of fused-ring (bicyclic) bond motifs is 1. The molecule has 0 unspecified atom stereocenters. The van der Waals surface area contributed by atoms with Crippen molar-refractivity contribution in [2.75, 3.05) is 7.11 Å². The van der Waals surface area contributed by atoms with Gasteiger partial charge in [0.05, 0.1) is 16.9 Å². The van der Waals surface area contributed by atoms with Crippen LogP contribution in [0.15, 0.2) is 27.5 Å². The zero-order valence-electron chi connectivity index (χ0n) is 12.4. The molecule has 1 heterocycles. The van der Waals surface area contributed by atoms with Crippen LogP contribution in [0.3, 0.4) is 0 Å². The minimum atomic E-state index is -1.13. The van der Waals surface area contributed by atoms with Crippen LogP contribution in [-0.4, -0.2) is 40.2 Å². The second-order valence-electron chi connectivity index (χ2n) is 5.42. The number of aliphatic carboxylic acids is 1. The van der Waals surface area contributed by atoms with Gasteiger partial charge < -0.3 is 14.6 Å². The van der Waals surface area contributed by atoms with Crippen molar-refractivity contribution in [2.45, 2.75) is 31.6 Å². The van der Waals surface area contributed by atoms with E-state index in [-0.39, 0.29) is 18.1 Å². The smallest absolute Gasteiger partial charge is 0.325 e. The number of benzene rings is 1. The lowest BCUT2D eigenvalue weighted by Gasteiger charge is -2.33. The average Bonchev–Trinajstić information content (AvgIpc) is 2.46. The number of halogens is 1. The van der Waals surface area contributed by atoms with E-state index in [2.05, 4.69) is 21.0 Å². The fourth-order valence-corrected chi connectivity index (χ4v) is 2.88. The molecular weight excluding hydrogens is 368 g/mol. The summed E-state index contributed by atoms with van der Waals surface area (Å²) in [5.41, 5.74) is -0.453. The van der Waals surface area contributed by atoms with E-state index in [0.29, 0.717) is 10.8 Å². The highest BCUT2D eigenvalue weighted by atomic mass is 79.9. The number of methoxy groups -OCH3 is 1. The van der Waals surface area contributed by atoms with E-state index in [1.165, 1.54) is 0 Å². The van der Waals surface area contributed by atoms with E-state index in [0.717, 1.165) is 22.0 Å². The van der Waals surface area contributed by atoms with Gasteiger partial charge in [0.25, 0.3) is 5.56 Å². The van der Waals surface area contributed by atoms with E-state index >= 15 is 0 Å². The molecule has 2 aromatic rings. The maximum atomic E-state index is 12.3. The summed E-state index contributed by atoms with van der Waals surface area (Å²) in [6.07, 6.45) is 1.60. The number of carbonyl (C=O) groups is 1. The first kappa shape index (κ1) is 15.9. The normalized spacial score (nSPS) is 20.3. The summed E-state index contributed by atoms with van der Waals surface area (Å²) in [7, 11) is 1.65. The Hall–Kier alpha value is -1.93. The first-order valence-corrected chi connectivity index (χ1v) is 7.89. The third-order valence-electron chi connectivity index (χ3n) is 3.84. The molecule has 0 radical (unpaired) electrons. The van der Waals surface area contributed by atoms with Crippen LogP contribution >= 0.6 is 15.9 Å². The molecule has 1 aromatic heterocycles. The first-order valence-electron chi connectivity index (χ1n) is 7.09. The second-order valence-corrected chi connectivity index (χ2v) is 6.34. The lowest BCUT2D eigenvalue weighted by molar-refractivity contribution is -0.138.